The predicted octanol–water partition coefficient (Wildman–Crippen LogP) is 6.09. The number of benzene rings is 4. The molecule has 1 amide bonds. The molecule has 1 N–H and O–H groups in total. The lowest BCUT2D eigenvalue weighted by molar-refractivity contribution is -0.113. The maximum Gasteiger partial charge on any atom is 0.234 e. The summed E-state index contributed by atoms with van der Waals surface area (Å²) < 4.78 is 0. The Morgan fingerprint density at radius 2 is 1.33 bits per heavy atom. The van der Waals surface area contributed by atoms with E-state index in [4.69, 9.17) is 4.98 Å². The third-order valence-corrected chi connectivity index (χ3v) is 5.96. The first-order valence-corrected chi connectivity index (χ1v) is 11.5. The molecule has 5 aromatic rings. The smallest absolute Gasteiger partial charge is 0.234 e. The van der Waals surface area contributed by atoms with E-state index in [0.717, 1.165) is 33.3 Å². The highest BCUT2D eigenvalue weighted by atomic mass is 32.2. The zero-order valence-corrected chi connectivity index (χ0v) is 18.5. The quantitative estimate of drug-likeness (QED) is 0.318. The van der Waals surface area contributed by atoms with Gasteiger partial charge in [0.1, 0.15) is 11.4 Å². The van der Waals surface area contributed by atoms with Crippen LogP contribution < -0.4 is 5.32 Å². The van der Waals surface area contributed by atoms with E-state index in [1.807, 2.05) is 103 Å². The fourth-order valence-electron chi connectivity index (χ4n) is 3.55. The molecule has 0 aliphatic rings. The van der Waals surface area contributed by atoms with Crippen molar-refractivity contribution < 1.29 is 4.79 Å². The van der Waals surface area contributed by atoms with E-state index >= 15 is 0 Å². The van der Waals surface area contributed by atoms with Crippen LogP contribution >= 0.6 is 11.8 Å². The minimum atomic E-state index is -0.118. The Labute approximate surface area is 195 Å². The fraction of sp³-hybridized carbons (Fsp3) is 0.0370. The fourth-order valence-corrected chi connectivity index (χ4v) is 4.14. The van der Waals surface area contributed by atoms with Gasteiger partial charge in [-0.3, -0.25) is 4.79 Å². The second kappa shape index (κ2) is 9.63. The number of carbonyl (C=O) groups is 1. The van der Waals surface area contributed by atoms with E-state index in [-0.39, 0.29) is 11.7 Å². The van der Waals surface area contributed by atoms with Crippen molar-refractivity contribution in [1.82, 2.24) is 15.2 Å². The summed E-state index contributed by atoms with van der Waals surface area (Å²) in [6.07, 6.45) is 0. The van der Waals surface area contributed by atoms with Crippen molar-refractivity contribution in [3.05, 3.63) is 103 Å². The Balaban J connectivity index is 1.34. The molecule has 0 radical (unpaired) electrons. The Kier molecular flexibility index (Phi) is 6.08. The number of carbonyl (C=O) groups excluding carboxylic acids is 1. The lowest BCUT2D eigenvalue weighted by Crippen LogP contribution is -2.14. The zero-order valence-electron chi connectivity index (χ0n) is 17.7. The molecule has 0 bridgehead atoms. The normalized spacial score (nSPS) is 10.8. The highest BCUT2D eigenvalue weighted by Crippen LogP contribution is 2.29. The molecule has 0 fully saturated rings. The van der Waals surface area contributed by atoms with Gasteiger partial charge >= 0.3 is 0 Å². The second-order valence-corrected chi connectivity index (χ2v) is 8.36. The first kappa shape index (κ1) is 20.8. The van der Waals surface area contributed by atoms with E-state index in [1.54, 1.807) is 0 Å². The van der Waals surface area contributed by atoms with Crippen LogP contribution in [0.3, 0.4) is 0 Å². The summed E-state index contributed by atoms with van der Waals surface area (Å²) in [6.45, 7) is 0. The van der Waals surface area contributed by atoms with E-state index in [2.05, 4.69) is 15.5 Å². The van der Waals surface area contributed by atoms with Crippen LogP contribution in [0.4, 0.5) is 5.69 Å². The lowest BCUT2D eigenvalue weighted by atomic mass is 10.0. The molecule has 160 valence electrons. The molecule has 0 saturated carbocycles. The van der Waals surface area contributed by atoms with Crippen LogP contribution in [0.15, 0.2) is 108 Å². The minimum absolute atomic E-state index is 0.118. The summed E-state index contributed by atoms with van der Waals surface area (Å²) in [6, 6.07) is 33.7. The SMILES string of the molecule is O=C(CSc1nnc(-c2ccccc2)c(-c2ccccc2)n1)Nc1ccc2ccccc2c1. The number of amides is 1. The molecule has 0 aliphatic carbocycles. The van der Waals surface area contributed by atoms with Gasteiger partial charge in [0, 0.05) is 16.8 Å². The molecule has 0 aliphatic heterocycles. The topological polar surface area (TPSA) is 67.8 Å². The molecule has 1 aromatic heterocycles. The summed E-state index contributed by atoms with van der Waals surface area (Å²) in [4.78, 5) is 17.3. The van der Waals surface area contributed by atoms with Crippen molar-refractivity contribution in [2.24, 2.45) is 0 Å². The van der Waals surface area contributed by atoms with Crippen LogP contribution in [0.5, 0.6) is 0 Å². The molecule has 33 heavy (non-hydrogen) atoms. The van der Waals surface area contributed by atoms with Crippen molar-refractivity contribution in [1.29, 1.82) is 0 Å². The van der Waals surface area contributed by atoms with Crippen LogP contribution in [0.25, 0.3) is 33.3 Å². The van der Waals surface area contributed by atoms with Gasteiger partial charge in [-0.25, -0.2) is 4.98 Å². The third kappa shape index (κ3) is 4.91. The lowest BCUT2D eigenvalue weighted by Gasteiger charge is -2.10. The van der Waals surface area contributed by atoms with Crippen LogP contribution in [0.1, 0.15) is 0 Å². The van der Waals surface area contributed by atoms with E-state index < -0.39 is 0 Å². The van der Waals surface area contributed by atoms with Gasteiger partial charge in [-0.05, 0) is 22.9 Å². The monoisotopic (exact) mass is 448 g/mol. The van der Waals surface area contributed by atoms with Crippen molar-refractivity contribution >= 4 is 34.1 Å². The van der Waals surface area contributed by atoms with E-state index in [0.29, 0.717) is 10.9 Å². The molecule has 0 atom stereocenters. The molecule has 0 spiro atoms. The molecule has 4 aromatic carbocycles. The van der Waals surface area contributed by atoms with Gasteiger partial charge in [0.25, 0.3) is 0 Å². The van der Waals surface area contributed by atoms with Crippen molar-refractivity contribution in [2.45, 2.75) is 5.16 Å². The summed E-state index contributed by atoms with van der Waals surface area (Å²) >= 11 is 1.27. The third-order valence-electron chi connectivity index (χ3n) is 5.13. The Hall–Kier alpha value is -4.03. The Bertz CT molecular complexity index is 1410. The average Bonchev–Trinajstić information content (AvgIpc) is 2.88. The zero-order chi connectivity index (χ0) is 22.5. The number of nitrogens with zero attached hydrogens (tertiary/aromatic N) is 3. The number of anilines is 1. The summed E-state index contributed by atoms with van der Waals surface area (Å²) in [5, 5.41) is 14.4. The molecule has 6 heteroatoms. The van der Waals surface area contributed by atoms with Gasteiger partial charge in [-0.2, -0.15) is 0 Å². The second-order valence-electron chi connectivity index (χ2n) is 7.42. The molecule has 5 nitrogen and oxygen atoms in total. The number of thioether (sulfide) groups is 1. The summed E-state index contributed by atoms with van der Waals surface area (Å²) in [5.41, 5.74) is 4.12. The number of fused-ring (bicyclic) bond motifs is 1. The molecule has 0 saturated heterocycles. The standard InChI is InChI=1S/C27H20N4OS/c32-24(28-23-16-15-19-9-7-8-14-22(19)17-23)18-33-27-29-25(20-10-3-1-4-11-20)26(30-31-27)21-12-5-2-6-13-21/h1-17H,18H2,(H,28,32). The van der Waals surface area contributed by atoms with Crippen LogP contribution in [0.2, 0.25) is 0 Å². The Morgan fingerprint density at radius 3 is 2.06 bits per heavy atom. The molecule has 0 unspecified atom stereocenters. The molecule has 1 heterocycles. The minimum Gasteiger partial charge on any atom is -0.325 e. The van der Waals surface area contributed by atoms with Gasteiger partial charge < -0.3 is 5.32 Å². The maximum atomic E-state index is 12.6. The number of hydrogen-bond acceptors (Lipinski definition) is 5. The van der Waals surface area contributed by atoms with Gasteiger partial charge in [0.05, 0.1) is 5.75 Å². The number of aromatic nitrogens is 3. The first-order chi connectivity index (χ1) is 16.3. The van der Waals surface area contributed by atoms with Crippen LogP contribution in [-0.2, 0) is 4.79 Å². The van der Waals surface area contributed by atoms with Gasteiger partial charge in [-0.15, -0.1) is 10.2 Å². The van der Waals surface area contributed by atoms with Crippen LogP contribution in [-0.4, -0.2) is 26.8 Å². The number of hydrogen-bond donors (Lipinski definition) is 1. The van der Waals surface area contributed by atoms with Crippen molar-refractivity contribution in [3.63, 3.8) is 0 Å². The number of nitrogens with one attached hydrogen (secondary N) is 1. The average molecular weight is 449 g/mol. The maximum absolute atomic E-state index is 12.6. The van der Waals surface area contributed by atoms with Crippen molar-refractivity contribution in [2.75, 3.05) is 11.1 Å². The number of rotatable bonds is 6. The van der Waals surface area contributed by atoms with Crippen LogP contribution in [0, 0.1) is 0 Å². The highest BCUT2D eigenvalue weighted by molar-refractivity contribution is 7.99. The largest absolute Gasteiger partial charge is 0.325 e. The molecule has 5 rings (SSSR count). The van der Waals surface area contributed by atoms with E-state index in [1.165, 1.54) is 11.8 Å². The summed E-state index contributed by atoms with van der Waals surface area (Å²) in [7, 11) is 0. The Morgan fingerprint density at radius 1 is 0.697 bits per heavy atom. The predicted molar refractivity (Wildman–Crippen MR) is 134 cm³/mol. The van der Waals surface area contributed by atoms with Gasteiger partial charge in [-0.1, -0.05) is 103 Å². The van der Waals surface area contributed by atoms with Gasteiger partial charge in [0.2, 0.25) is 11.1 Å². The summed E-state index contributed by atoms with van der Waals surface area (Å²) in [5.74, 6) is 0.0697. The first-order valence-electron chi connectivity index (χ1n) is 10.5. The molecular weight excluding hydrogens is 428 g/mol. The van der Waals surface area contributed by atoms with Crippen molar-refractivity contribution in [3.8, 4) is 22.5 Å². The van der Waals surface area contributed by atoms with Gasteiger partial charge in [0.15, 0.2) is 0 Å². The highest BCUT2D eigenvalue weighted by Gasteiger charge is 2.14. The molecular formula is C27H20N4OS. The van der Waals surface area contributed by atoms with E-state index in [9.17, 15) is 4.79 Å².